The summed E-state index contributed by atoms with van der Waals surface area (Å²) in [6, 6.07) is -1.55. The molecule has 0 amide bonds. The van der Waals surface area contributed by atoms with Crippen LogP contribution in [0.2, 0.25) is 0 Å². The quantitative estimate of drug-likeness (QED) is 0.365. The maximum absolute atomic E-state index is 10.8. The van der Waals surface area contributed by atoms with Crippen LogP contribution < -0.4 is 0 Å². The molecule has 0 unspecified atom stereocenters. The van der Waals surface area contributed by atoms with Gasteiger partial charge in [-0.1, -0.05) is 6.58 Å². The first-order valence-electron chi connectivity index (χ1n) is 3.42. The average Bonchev–Trinajstić information content (AvgIpc) is 2.03. The average molecular weight is 183 g/mol. The zero-order valence-corrected chi connectivity index (χ0v) is 7.06. The topological polar surface area (TPSA) is 83.8 Å². The minimum absolute atomic E-state index is 0.414. The normalized spacial score (nSPS) is 12.4. The van der Waals surface area contributed by atoms with Crippen LogP contribution >= 0.6 is 0 Å². The number of carbonyl (C=O) groups excluding carboxylic acids is 2. The van der Waals surface area contributed by atoms with Gasteiger partial charge in [-0.25, -0.2) is 4.79 Å². The molecule has 0 fully saturated rings. The van der Waals surface area contributed by atoms with Gasteiger partial charge in [0.15, 0.2) is 11.6 Å². The molecule has 13 heavy (non-hydrogen) atoms. The van der Waals surface area contributed by atoms with Gasteiger partial charge in [0.25, 0.3) is 0 Å². The van der Waals surface area contributed by atoms with E-state index in [4.69, 9.17) is 5.11 Å². The number of hydrogen-bond donors (Lipinski definition) is 1. The Hall–Kier alpha value is -1.78. The number of nitrogens with zero attached hydrogens (tertiary/aromatic N) is 1. The fourth-order valence-electron chi connectivity index (χ4n) is 0.550. The van der Waals surface area contributed by atoms with E-state index in [0.717, 1.165) is 12.3 Å². The third-order valence-corrected chi connectivity index (χ3v) is 1.11. The summed E-state index contributed by atoms with van der Waals surface area (Å²) in [5, 5.41) is 8.49. The summed E-state index contributed by atoms with van der Waals surface area (Å²) in [4.78, 5) is 35.0. The number of hydrogen-bond acceptors (Lipinski definition) is 4. The second-order valence-electron chi connectivity index (χ2n) is 2.24. The molecule has 0 aromatic carbocycles. The van der Waals surface area contributed by atoms with Crippen molar-refractivity contribution < 1.29 is 19.5 Å². The SMILES string of the molecule is C=CC(=O)[C@@H](/N=C/C(C)=O)C(=O)O. The van der Waals surface area contributed by atoms with Gasteiger partial charge < -0.3 is 5.11 Å². The Morgan fingerprint density at radius 2 is 2.00 bits per heavy atom. The first-order chi connectivity index (χ1) is 5.99. The Labute approximate surface area is 74.8 Å². The molecule has 0 radical (unpaired) electrons. The molecule has 0 bridgehead atoms. The Kier molecular flexibility index (Phi) is 4.29. The zero-order valence-electron chi connectivity index (χ0n) is 7.06. The van der Waals surface area contributed by atoms with Gasteiger partial charge in [0, 0.05) is 6.92 Å². The van der Waals surface area contributed by atoms with Crippen LogP contribution in [0.3, 0.4) is 0 Å². The standard InChI is InChI=1S/C8H9NO4/c1-3-6(11)7(8(12)13)9-4-5(2)10/h3-4,7H,1H2,2H3,(H,12,13)/b9-4+/t7-/m1/s1. The van der Waals surface area contributed by atoms with Crippen LogP contribution in [0.25, 0.3) is 0 Å². The Morgan fingerprint density at radius 1 is 1.46 bits per heavy atom. The van der Waals surface area contributed by atoms with Crippen LogP contribution in [0, 0.1) is 0 Å². The molecule has 0 saturated carbocycles. The molecule has 5 heteroatoms. The van der Waals surface area contributed by atoms with Crippen LogP contribution in [0.5, 0.6) is 0 Å². The summed E-state index contributed by atoms with van der Waals surface area (Å²) in [6.45, 7) is 4.33. The second kappa shape index (κ2) is 4.97. The summed E-state index contributed by atoms with van der Waals surface area (Å²) in [6.07, 6.45) is 1.66. The third kappa shape index (κ3) is 3.95. The Bertz CT molecular complexity index is 280. The van der Waals surface area contributed by atoms with Crippen molar-refractivity contribution in [2.75, 3.05) is 0 Å². The Balaban J connectivity index is 4.63. The number of aliphatic carboxylic acids is 1. The molecule has 1 N–H and O–H groups in total. The molecule has 0 rings (SSSR count). The molecule has 0 heterocycles. The van der Waals surface area contributed by atoms with E-state index < -0.39 is 23.6 Å². The lowest BCUT2D eigenvalue weighted by Gasteiger charge is -2.00. The van der Waals surface area contributed by atoms with Gasteiger partial charge in [-0.15, -0.1) is 0 Å². The lowest BCUT2D eigenvalue weighted by Crippen LogP contribution is -2.26. The van der Waals surface area contributed by atoms with Crippen LogP contribution in [0.1, 0.15) is 6.92 Å². The maximum Gasteiger partial charge on any atom is 0.336 e. The minimum Gasteiger partial charge on any atom is -0.479 e. The molecule has 5 nitrogen and oxygen atoms in total. The molecule has 0 aromatic rings. The lowest BCUT2D eigenvalue weighted by atomic mass is 10.2. The van der Waals surface area contributed by atoms with E-state index in [-0.39, 0.29) is 0 Å². The lowest BCUT2D eigenvalue weighted by molar-refractivity contribution is -0.141. The van der Waals surface area contributed by atoms with Gasteiger partial charge in [-0.2, -0.15) is 0 Å². The highest BCUT2D eigenvalue weighted by atomic mass is 16.4. The summed E-state index contributed by atoms with van der Waals surface area (Å²) in [5.41, 5.74) is 0. The molecule has 0 aliphatic rings. The molecular formula is C8H9NO4. The van der Waals surface area contributed by atoms with Gasteiger partial charge in [0.1, 0.15) is 0 Å². The van der Waals surface area contributed by atoms with Gasteiger partial charge in [0.05, 0.1) is 6.21 Å². The van der Waals surface area contributed by atoms with Crippen molar-refractivity contribution in [3.63, 3.8) is 0 Å². The smallest absolute Gasteiger partial charge is 0.336 e. The van der Waals surface area contributed by atoms with E-state index >= 15 is 0 Å². The van der Waals surface area contributed by atoms with Crippen molar-refractivity contribution in [3.05, 3.63) is 12.7 Å². The molecule has 0 spiro atoms. The van der Waals surface area contributed by atoms with Gasteiger partial charge in [-0.3, -0.25) is 14.6 Å². The van der Waals surface area contributed by atoms with E-state index in [0.29, 0.717) is 0 Å². The second-order valence-corrected chi connectivity index (χ2v) is 2.24. The van der Waals surface area contributed by atoms with E-state index in [1.54, 1.807) is 0 Å². The number of aliphatic imine (C=N–C) groups is 1. The summed E-state index contributed by atoms with van der Waals surface area (Å²) < 4.78 is 0. The van der Waals surface area contributed by atoms with E-state index in [9.17, 15) is 14.4 Å². The first kappa shape index (κ1) is 11.2. The van der Waals surface area contributed by atoms with E-state index in [1.165, 1.54) is 6.92 Å². The fourth-order valence-corrected chi connectivity index (χ4v) is 0.550. The molecule has 0 aliphatic carbocycles. The van der Waals surface area contributed by atoms with E-state index in [2.05, 4.69) is 11.6 Å². The highest BCUT2D eigenvalue weighted by molar-refractivity contribution is 6.27. The number of Topliss-reactive ketones (excluding diaryl/α,β-unsaturated/α-hetero) is 1. The minimum atomic E-state index is -1.55. The number of ketones is 2. The van der Waals surface area contributed by atoms with E-state index in [1.807, 2.05) is 0 Å². The monoisotopic (exact) mass is 183 g/mol. The van der Waals surface area contributed by atoms with Crippen LogP contribution in [-0.2, 0) is 14.4 Å². The number of carboxylic acids is 1. The number of carboxylic acid groups (broad SMARTS) is 1. The zero-order chi connectivity index (χ0) is 10.4. The summed E-state index contributed by atoms with van der Waals surface area (Å²) in [5.74, 6) is -2.56. The van der Waals surface area contributed by atoms with Crippen molar-refractivity contribution in [1.29, 1.82) is 0 Å². The third-order valence-electron chi connectivity index (χ3n) is 1.11. The Morgan fingerprint density at radius 3 is 2.31 bits per heavy atom. The van der Waals surface area contributed by atoms with Crippen molar-refractivity contribution in [2.24, 2.45) is 4.99 Å². The summed E-state index contributed by atoms with van der Waals surface area (Å²) >= 11 is 0. The van der Waals surface area contributed by atoms with Gasteiger partial charge in [-0.05, 0) is 6.08 Å². The van der Waals surface area contributed by atoms with Crippen LogP contribution in [-0.4, -0.2) is 34.9 Å². The summed E-state index contributed by atoms with van der Waals surface area (Å²) in [7, 11) is 0. The van der Waals surface area contributed by atoms with Crippen molar-refractivity contribution >= 4 is 23.8 Å². The van der Waals surface area contributed by atoms with Crippen LogP contribution in [0.4, 0.5) is 0 Å². The first-order valence-corrected chi connectivity index (χ1v) is 3.42. The van der Waals surface area contributed by atoms with Gasteiger partial charge in [0.2, 0.25) is 6.04 Å². The predicted octanol–water partition coefficient (Wildman–Crippen LogP) is -0.146. The molecule has 0 saturated heterocycles. The molecular weight excluding hydrogens is 174 g/mol. The predicted molar refractivity (Wildman–Crippen MR) is 45.8 cm³/mol. The highest BCUT2D eigenvalue weighted by Gasteiger charge is 2.21. The molecule has 70 valence electrons. The fraction of sp³-hybridized carbons (Fsp3) is 0.250. The largest absolute Gasteiger partial charge is 0.479 e. The highest BCUT2D eigenvalue weighted by Crippen LogP contribution is 1.94. The molecule has 1 atom stereocenters. The number of carbonyl (C=O) groups is 3. The van der Waals surface area contributed by atoms with Crippen LogP contribution in [0.15, 0.2) is 17.6 Å². The molecule has 0 aromatic heterocycles. The van der Waals surface area contributed by atoms with Crippen molar-refractivity contribution in [3.8, 4) is 0 Å². The maximum atomic E-state index is 10.8. The van der Waals surface area contributed by atoms with Crippen molar-refractivity contribution in [2.45, 2.75) is 13.0 Å². The van der Waals surface area contributed by atoms with Gasteiger partial charge >= 0.3 is 5.97 Å². The van der Waals surface area contributed by atoms with Crippen molar-refractivity contribution in [1.82, 2.24) is 0 Å². The number of rotatable bonds is 5. The molecule has 0 aliphatic heterocycles.